The Kier molecular flexibility index (Phi) is 3.97. The third-order valence-electron chi connectivity index (χ3n) is 3.36. The van der Waals surface area contributed by atoms with Gasteiger partial charge in [0.2, 0.25) is 0 Å². The molecule has 1 aromatic carbocycles. The molecule has 0 saturated heterocycles. The van der Waals surface area contributed by atoms with Crippen LogP contribution in [0.3, 0.4) is 0 Å². The first kappa shape index (κ1) is 11.6. The first-order valence-corrected chi connectivity index (χ1v) is 6.22. The van der Waals surface area contributed by atoms with E-state index in [0.29, 0.717) is 6.04 Å². The number of fused-ring (bicyclic) bond motifs is 1. The van der Waals surface area contributed by atoms with Gasteiger partial charge in [0.1, 0.15) is 0 Å². The number of ether oxygens (including phenoxy) is 1. The molecular formula is C14H21NO. The molecule has 88 valence electrons. The first-order chi connectivity index (χ1) is 7.85. The predicted molar refractivity (Wildman–Crippen MR) is 66.8 cm³/mol. The molecule has 0 spiro atoms. The molecule has 1 aromatic rings. The Hall–Kier alpha value is -0.860. The monoisotopic (exact) mass is 219 g/mol. The Morgan fingerprint density at radius 2 is 2.12 bits per heavy atom. The van der Waals surface area contributed by atoms with E-state index in [9.17, 15) is 0 Å². The summed E-state index contributed by atoms with van der Waals surface area (Å²) in [6.45, 7) is 3.57. The van der Waals surface area contributed by atoms with Gasteiger partial charge >= 0.3 is 0 Å². The van der Waals surface area contributed by atoms with E-state index in [1.807, 2.05) is 14.0 Å². The smallest absolute Gasteiger partial charge is 0.0661 e. The lowest BCUT2D eigenvalue weighted by Gasteiger charge is -2.17. The summed E-state index contributed by atoms with van der Waals surface area (Å²) in [6, 6.07) is 7.20. The normalized spacial score (nSPS) is 16.1. The van der Waals surface area contributed by atoms with Crippen molar-refractivity contribution in [2.75, 3.05) is 20.3 Å². The molecule has 0 bridgehead atoms. The van der Waals surface area contributed by atoms with E-state index in [4.69, 9.17) is 4.74 Å². The predicted octanol–water partition coefficient (Wildman–Crippen LogP) is 2.47. The van der Waals surface area contributed by atoms with Crippen LogP contribution in [0.25, 0.3) is 0 Å². The van der Waals surface area contributed by atoms with Crippen LogP contribution >= 0.6 is 0 Å². The highest BCUT2D eigenvalue weighted by atomic mass is 16.5. The van der Waals surface area contributed by atoms with Gasteiger partial charge in [-0.2, -0.15) is 0 Å². The second-order valence-corrected chi connectivity index (χ2v) is 4.38. The van der Waals surface area contributed by atoms with Crippen molar-refractivity contribution in [2.45, 2.75) is 32.2 Å². The molecule has 0 amide bonds. The minimum atomic E-state index is 0.325. The van der Waals surface area contributed by atoms with Crippen LogP contribution in [0.2, 0.25) is 0 Å². The molecule has 0 saturated carbocycles. The number of nitrogens with one attached hydrogen (secondary N) is 1. The van der Waals surface area contributed by atoms with Gasteiger partial charge in [0.15, 0.2) is 0 Å². The van der Waals surface area contributed by atoms with Crippen LogP contribution in [0.15, 0.2) is 18.2 Å². The summed E-state index contributed by atoms with van der Waals surface area (Å²) in [5.74, 6) is 0. The molecule has 16 heavy (non-hydrogen) atoms. The third-order valence-corrected chi connectivity index (χ3v) is 3.36. The van der Waals surface area contributed by atoms with Crippen molar-refractivity contribution >= 4 is 0 Å². The topological polar surface area (TPSA) is 21.3 Å². The van der Waals surface area contributed by atoms with Crippen molar-refractivity contribution in [2.24, 2.45) is 0 Å². The molecule has 0 aliphatic heterocycles. The summed E-state index contributed by atoms with van der Waals surface area (Å²) in [5, 5.41) is 3.32. The van der Waals surface area contributed by atoms with Gasteiger partial charge in [0, 0.05) is 6.61 Å². The SMILES string of the molecule is CCOCC(NC)c1ccc2c(c1)CCC2. The number of hydrogen-bond acceptors (Lipinski definition) is 2. The molecule has 0 heterocycles. The van der Waals surface area contributed by atoms with Crippen molar-refractivity contribution in [1.82, 2.24) is 5.32 Å². The number of likely N-dealkylation sites (N-methyl/N-ethyl adjacent to an activating group) is 1. The molecule has 1 unspecified atom stereocenters. The van der Waals surface area contributed by atoms with Crippen molar-refractivity contribution in [3.05, 3.63) is 34.9 Å². The van der Waals surface area contributed by atoms with Gasteiger partial charge in [-0.25, -0.2) is 0 Å². The van der Waals surface area contributed by atoms with Gasteiger partial charge in [-0.05, 0) is 49.9 Å². The van der Waals surface area contributed by atoms with Crippen LogP contribution in [0.5, 0.6) is 0 Å². The standard InChI is InChI=1S/C14H21NO/c1-3-16-10-14(15-2)13-8-7-11-5-4-6-12(11)9-13/h7-9,14-15H,3-6,10H2,1-2H3. The van der Waals surface area contributed by atoms with E-state index in [0.717, 1.165) is 13.2 Å². The minimum absolute atomic E-state index is 0.325. The lowest BCUT2D eigenvalue weighted by atomic mass is 10.0. The largest absolute Gasteiger partial charge is 0.380 e. The maximum atomic E-state index is 5.50. The molecule has 1 N–H and O–H groups in total. The number of aryl methyl sites for hydroxylation is 2. The van der Waals surface area contributed by atoms with Crippen LogP contribution in [0.1, 0.15) is 36.1 Å². The average Bonchev–Trinajstić information content (AvgIpc) is 2.77. The highest BCUT2D eigenvalue weighted by molar-refractivity contribution is 5.36. The van der Waals surface area contributed by atoms with Crippen LogP contribution in [0, 0.1) is 0 Å². The van der Waals surface area contributed by atoms with Crippen molar-refractivity contribution in [3.63, 3.8) is 0 Å². The lowest BCUT2D eigenvalue weighted by molar-refractivity contribution is 0.125. The molecule has 0 aromatic heterocycles. The molecule has 1 aliphatic rings. The van der Waals surface area contributed by atoms with E-state index in [1.54, 1.807) is 0 Å². The number of hydrogen-bond donors (Lipinski definition) is 1. The second-order valence-electron chi connectivity index (χ2n) is 4.38. The van der Waals surface area contributed by atoms with E-state index >= 15 is 0 Å². The van der Waals surface area contributed by atoms with Crippen LogP contribution in [-0.4, -0.2) is 20.3 Å². The molecular weight excluding hydrogens is 198 g/mol. The molecule has 1 aliphatic carbocycles. The van der Waals surface area contributed by atoms with Crippen molar-refractivity contribution in [1.29, 1.82) is 0 Å². The average molecular weight is 219 g/mol. The zero-order valence-electron chi connectivity index (χ0n) is 10.3. The van der Waals surface area contributed by atoms with Gasteiger partial charge in [0.25, 0.3) is 0 Å². The molecule has 2 nitrogen and oxygen atoms in total. The Morgan fingerprint density at radius 1 is 1.31 bits per heavy atom. The maximum Gasteiger partial charge on any atom is 0.0661 e. The van der Waals surface area contributed by atoms with Gasteiger partial charge in [-0.3, -0.25) is 0 Å². The highest BCUT2D eigenvalue weighted by Gasteiger charge is 2.14. The van der Waals surface area contributed by atoms with Gasteiger partial charge in [0.05, 0.1) is 12.6 Å². The summed E-state index contributed by atoms with van der Waals surface area (Å²) < 4.78 is 5.50. The Bertz CT molecular complexity index is 349. The molecule has 0 radical (unpaired) electrons. The van der Waals surface area contributed by atoms with Crippen LogP contribution in [-0.2, 0) is 17.6 Å². The fourth-order valence-corrected chi connectivity index (χ4v) is 2.39. The van der Waals surface area contributed by atoms with Gasteiger partial charge in [-0.1, -0.05) is 18.2 Å². The lowest BCUT2D eigenvalue weighted by Crippen LogP contribution is -2.22. The molecule has 2 heteroatoms. The molecule has 1 atom stereocenters. The highest BCUT2D eigenvalue weighted by Crippen LogP contribution is 2.25. The summed E-state index contributed by atoms with van der Waals surface area (Å²) in [4.78, 5) is 0. The van der Waals surface area contributed by atoms with E-state index in [2.05, 4.69) is 23.5 Å². The van der Waals surface area contributed by atoms with Crippen LogP contribution < -0.4 is 5.32 Å². The van der Waals surface area contributed by atoms with Gasteiger partial charge < -0.3 is 10.1 Å². The summed E-state index contributed by atoms with van der Waals surface area (Å²) in [7, 11) is 2.00. The van der Waals surface area contributed by atoms with E-state index in [1.165, 1.54) is 36.0 Å². The fraction of sp³-hybridized carbons (Fsp3) is 0.571. The molecule has 2 rings (SSSR count). The fourth-order valence-electron chi connectivity index (χ4n) is 2.39. The number of benzene rings is 1. The maximum absolute atomic E-state index is 5.50. The summed E-state index contributed by atoms with van der Waals surface area (Å²) in [6.07, 6.45) is 3.81. The third kappa shape index (κ3) is 2.45. The van der Waals surface area contributed by atoms with Crippen molar-refractivity contribution < 1.29 is 4.74 Å². The molecule has 0 fully saturated rings. The van der Waals surface area contributed by atoms with E-state index < -0.39 is 0 Å². The Morgan fingerprint density at radius 3 is 2.88 bits per heavy atom. The summed E-state index contributed by atoms with van der Waals surface area (Å²) in [5.41, 5.74) is 4.43. The van der Waals surface area contributed by atoms with E-state index in [-0.39, 0.29) is 0 Å². The number of rotatable bonds is 5. The Balaban J connectivity index is 2.12. The zero-order chi connectivity index (χ0) is 11.4. The van der Waals surface area contributed by atoms with Gasteiger partial charge in [-0.15, -0.1) is 0 Å². The summed E-state index contributed by atoms with van der Waals surface area (Å²) >= 11 is 0. The zero-order valence-corrected chi connectivity index (χ0v) is 10.3. The minimum Gasteiger partial charge on any atom is -0.380 e. The second kappa shape index (κ2) is 5.46. The first-order valence-electron chi connectivity index (χ1n) is 6.22. The van der Waals surface area contributed by atoms with Crippen LogP contribution in [0.4, 0.5) is 0 Å². The van der Waals surface area contributed by atoms with Crippen molar-refractivity contribution in [3.8, 4) is 0 Å². The quantitative estimate of drug-likeness (QED) is 0.821. The Labute approximate surface area is 98.0 Å².